The van der Waals surface area contributed by atoms with E-state index in [-0.39, 0.29) is 12.5 Å². The van der Waals surface area contributed by atoms with Crippen LogP contribution >= 0.6 is 0 Å². The van der Waals surface area contributed by atoms with Gasteiger partial charge in [0.15, 0.2) is 17.4 Å². The van der Waals surface area contributed by atoms with Gasteiger partial charge in [-0.1, -0.05) is 33.1 Å². The number of benzene rings is 1. The highest BCUT2D eigenvalue weighted by Gasteiger charge is 2.25. The van der Waals surface area contributed by atoms with Crippen molar-refractivity contribution in [3.05, 3.63) is 29.1 Å². The molecule has 0 aliphatic heterocycles. The van der Waals surface area contributed by atoms with E-state index in [0.717, 1.165) is 32.8 Å². The third kappa shape index (κ3) is 4.39. The molecular formula is C16H21F3O3. The molecule has 124 valence electrons. The van der Waals surface area contributed by atoms with E-state index < -0.39 is 34.7 Å². The summed E-state index contributed by atoms with van der Waals surface area (Å²) in [7, 11) is 0.994. The predicted octanol–water partition coefficient (Wildman–Crippen LogP) is 4.49. The van der Waals surface area contributed by atoms with Crippen molar-refractivity contribution in [1.29, 1.82) is 0 Å². The monoisotopic (exact) mass is 318 g/mol. The van der Waals surface area contributed by atoms with Gasteiger partial charge in [0.05, 0.1) is 13.7 Å². The molecule has 0 amide bonds. The lowest BCUT2D eigenvalue weighted by Gasteiger charge is -2.15. The molecule has 1 unspecified atom stereocenters. The zero-order valence-corrected chi connectivity index (χ0v) is 13.0. The molecule has 3 nitrogen and oxygen atoms in total. The van der Waals surface area contributed by atoms with E-state index in [2.05, 4.69) is 11.7 Å². The van der Waals surface area contributed by atoms with Crippen LogP contribution in [0.3, 0.4) is 0 Å². The first-order chi connectivity index (χ1) is 10.5. The molecule has 1 rings (SSSR count). The maximum absolute atomic E-state index is 13.9. The number of hydrogen-bond acceptors (Lipinski definition) is 3. The lowest BCUT2D eigenvalue weighted by molar-refractivity contribution is 0.0421. The van der Waals surface area contributed by atoms with E-state index >= 15 is 0 Å². The summed E-state index contributed by atoms with van der Waals surface area (Å²) in [5, 5.41) is 0. The van der Waals surface area contributed by atoms with Crippen LogP contribution < -0.4 is 4.74 Å². The minimum atomic E-state index is -1.47. The maximum atomic E-state index is 13.9. The predicted molar refractivity (Wildman–Crippen MR) is 76.5 cm³/mol. The van der Waals surface area contributed by atoms with Crippen molar-refractivity contribution in [3.8, 4) is 5.75 Å². The molecule has 0 aromatic heterocycles. The van der Waals surface area contributed by atoms with Crippen molar-refractivity contribution in [2.75, 3.05) is 13.7 Å². The Morgan fingerprint density at radius 3 is 2.45 bits per heavy atom. The van der Waals surface area contributed by atoms with E-state index in [4.69, 9.17) is 4.74 Å². The average Bonchev–Trinajstić information content (AvgIpc) is 2.51. The second kappa shape index (κ2) is 8.66. The molecule has 0 bridgehead atoms. The van der Waals surface area contributed by atoms with Crippen molar-refractivity contribution < 1.29 is 27.4 Å². The van der Waals surface area contributed by atoms with Gasteiger partial charge < -0.3 is 9.47 Å². The Bertz CT molecular complexity index is 518. The lowest BCUT2D eigenvalue weighted by atomic mass is 10.0. The minimum absolute atomic E-state index is 0.121. The van der Waals surface area contributed by atoms with Gasteiger partial charge >= 0.3 is 5.97 Å². The molecule has 1 aromatic carbocycles. The highest BCUT2D eigenvalue weighted by Crippen LogP contribution is 2.27. The van der Waals surface area contributed by atoms with Crippen molar-refractivity contribution in [2.24, 2.45) is 5.92 Å². The highest BCUT2D eigenvalue weighted by atomic mass is 19.2. The summed E-state index contributed by atoms with van der Waals surface area (Å²) in [6, 6.07) is 0.489. The fourth-order valence-electron chi connectivity index (χ4n) is 2.08. The minimum Gasteiger partial charge on any atom is -0.491 e. The number of methoxy groups -OCH3 is 1. The van der Waals surface area contributed by atoms with Gasteiger partial charge in [-0.05, 0) is 18.4 Å². The van der Waals surface area contributed by atoms with Crippen LogP contribution in [0.25, 0.3) is 0 Å². The van der Waals surface area contributed by atoms with Crippen LogP contribution in [-0.2, 0) is 4.74 Å². The number of esters is 1. The van der Waals surface area contributed by atoms with Crippen LogP contribution in [0.4, 0.5) is 13.2 Å². The molecule has 0 radical (unpaired) electrons. The third-order valence-electron chi connectivity index (χ3n) is 3.53. The second-order valence-electron chi connectivity index (χ2n) is 5.08. The number of ether oxygens (including phenoxy) is 2. The summed E-state index contributed by atoms with van der Waals surface area (Å²) in [5.74, 6) is -5.86. The zero-order chi connectivity index (χ0) is 16.7. The Labute approximate surface area is 128 Å². The molecule has 6 heteroatoms. The van der Waals surface area contributed by atoms with E-state index in [1.54, 1.807) is 0 Å². The van der Waals surface area contributed by atoms with Gasteiger partial charge in [-0.25, -0.2) is 13.6 Å². The molecule has 0 aliphatic carbocycles. The van der Waals surface area contributed by atoms with Crippen LogP contribution in [0, 0.1) is 23.4 Å². The molecule has 0 fully saturated rings. The quantitative estimate of drug-likeness (QED) is 0.523. The van der Waals surface area contributed by atoms with Crippen molar-refractivity contribution in [2.45, 2.75) is 39.5 Å². The molecule has 0 saturated heterocycles. The average molecular weight is 318 g/mol. The normalized spacial score (nSPS) is 12.1. The Balaban J connectivity index is 2.83. The number of rotatable bonds is 8. The van der Waals surface area contributed by atoms with Gasteiger partial charge in [-0.2, -0.15) is 4.39 Å². The number of unbranched alkanes of at least 4 members (excludes halogenated alkanes) is 1. The van der Waals surface area contributed by atoms with Gasteiger partial charge in [0.25, 0.3) is 0 Å². The highest BCUT2D eigenvalue weighted by molar-refractivity contribution is 5.90. The van der Waals surface area contributed by atoms with E-state index in [9.17, 15) is 18.0 Å². The topological polar surface area (TPSA) is 35.5 Å². The summed E-state index contributed by atoms with van der Waals surface area (Å²) in [6.07, 6.45) is 3.74. The maximum Gasteiger partial charge on any atom is 0.341 e. The second-order valence-corrected chi connectivity index (χ2v) is 5.08. The van der Waals surface area contributed by atoms with Crippen LogP contribution in [-0.4, -0.2) is 19.7 Å². The fraction of sp³-hybridized carbons (Fsp3) is 0.562. The molecular weight excluding hydrogens is 297 g/mol. The molecule has 0 aliphatic rings. The Kier molecular flexibility index (Phi) is 7.21. The van der Waals surface area contributed by atoms with Crippen LogP contribution in [0.15, 0.2) is 6.07 Å². The van der Waals surface area contributed by atoms with Gasteiger partial charge in [-0.15, -0.1) is 0 Å². The smallest absolute Gasteiger partial charge is 0.341 e. The van der Waals surface area contributed by atoms with Crippen LogP contribution in [0.2, 0.25) is 0 Å². The van der Waals surface area contributed by atoms with Gasteiger partial charge in [-0.3, -0.25) is 0 Å². The summed E-state index contributed by atoms with van der Waals surface area (Å²) in [5.41, 5.74) is -0.666. The fourth-order valence-corrected chi connectivity index (χ4v) is 2.08. The standard InChI is InChI=1S/C16H21F3O3/c1-4-6-7-10(5-2)9-22-16(20)11-8-12(17)14(19)15(21-3)13(11)18/h8,10H,4-7,9H2,1-3H3. The Hall–Kier alpha value is -1.72. The van der Waals surface area contributed by atoms with Gasteiger partial charge in [0, 0.05) is 0 Å². The molecule has 0 spiro atoms. The first kappa shape index (κ1) is 18.3. The summed E-state index contributed by atoms with van der Waals surface area (Å²) >= 11 is 0. The Morgan fingerprint density at radius 2 is 1.91 bits per heavy atom. The number of halogens is 3. The van der Waals surface area contributed by atoms with Crippen molar-refractivity contribution in [1.82, 2.24) is 0 Å². The van der Waals surface area contributed by atoms with E-state index in [1.807, 2.05) is 6.92 Å². The van der Waals surface area contributed by atoms with Gasteiger partial charge in [0.1, 0.15) is 5.56 Å². The van der Waals surface area contributed by atoms with E-state index in [0.29, 0.717) is 6.07 Å². The Morgan fingerprint density at radius 1 is 1.23 bits per heavy atom. The van der Waals surface area contributed by atoms with Gasteiger partial charge in [0.2, 0.25) is 5.82 Å². The number of hydrogen-bond donors (Lipinski definition) is 0. The first-order valence-electron chi connectivity index (χ1n) is 7.34. The van der Waals surface area contributed by atoms with Crippen LogP contribution in [0.1, 0.15) is 49.9 Å². The molecule has 1 atom stereocenters. The lowest BCUT2D eigenvalue weighted by Crippen LogP contribution is -2.16. The SMILES string of the molecule is CCCCC(CC)COC(=O)c1cc(F)c(F)c(OC)c1F. The van der Waals surface area contributed by atoms with Crippen molar-refractivity contribution >= 4 is 5.97 Å². The summed E-state index contributed by atoms with van der Waals surface area (Å²) in [4.78, 5) is 11.9. The summed E-state index contributed by atoms with van der Waals surface area (Å²) in [6.45, 7) is 4.15. The zero-order valence-electron chi connectivity index (χ0n) is 13.0. The largest absolute Gasteiger partial charge is 0.491 e. The molecule has 22 heavy (non-hydrogen) atoms. The van der Waals surface area contributed by atoms with Crippen LogP contribution in [0.5, 0.6) is 5.75 Å². The third-order valence-corrected chi connectivity index (χ3v) is 3.53. The summed E-state index contributed by atoms with van der Waals surface area (Å²) < 4.78 is 50.1. The number of carbonyl (C=O) groups excluding carboxylic acids is 1. The van der Waals surface area contributed by atoms with Crippen molar-refractivity contribution in [3.63, 3.8) is 0 Å². The molecule has 0 heterocycles. The first-order valence-corrected chi connectivity index (χ1v) is 7.34. The molecule has 0 saturated carbocycles. The molecule has 1 aromatic rings. The van der Waals surface area contributed by atoms with E-state index in [1.165, 1.54) is 0 Å². The molecule has 0 N–H and O–H groups in total. The number of carbonyl (C=O) groups is 1.